The molecule has 2 unspecified atom stereocenters. The number of aldehydes is 1. The predicted molar refractivity (Wildman–Crippen MR) is 101 cm³/mol. The molecule has 2 aromatic carbocycles. The molecule has 8 heteroatoms. The highest BCUT2D eigenvalue weighted by Crippen LogP contribution is 2.57. The minimum absolute atomic E-state index is 0.0260. The summed E-state index contributed by atoms with van der Waals surface area (Å²) < 4.78 is 33.9. The molecule has 0 radical (unpaired) electrons. The molecule has 5 nitrogen and oxygen atoms in total. The molecule has 0 N–H and O–H groups in total. The Morgan fingerprint density at radius 1 is 1.36 bits per heavy atom. The molecular weight excluding hydrogens is 386 g/mol. The van der Waals surface area contributed by atoms with Gasteiger partial charge in [-0.3, -0.25) is 4.79 Å². The zero-order chi connectivity index (χ0) is 19.9. The number of para-hydroxylation sites is 1. The lowest BCUT2D eigenvalue weighted by molar-refractivity contribution is -0.135. The Hall–Kier alpha value is -2.74. The summed E-state index contributed by atoms with van der Waals surface area (Å²) in [4.78, 5) is 22.8. The number of carbonyl (C=O) groups excluding carboxylic acids is 2. The van der Waals surface area contributed by atoms with E-state index in [0.717, 1.165) is 36.2 Å². The first-order valence-electron chi connectivity index (χ1n) is 8.67. The monoisotopic (exact) mass is 402 g/mol. The highest BCUT2D eigenvalue weighted by molar-refractivity contribution is 8.15. The van der Waals surface area contributed by atoms with Gasteiger partial charge >= 0.3 is 0 Å². The molecule has 1 spiro atoms. The Bertz CT molecular complexity index is 997. The van der Waals surface area contributed by atoms with E-state index in [-0.39, 0.29) is 29.5 Å². The average Bonchev–Trinajstić information content (AvgIpc) is 3.08. The molecule has 0 aliphatic carbocycles. The number of hydrogen-bond donors (Lipinski definition) is 0. The highest BCUT2D eigenvalue weighted by Gasteiger charge is 2.56. The van der Waals surface area contributed by atoms with Crippen molar-refractivity contribution >= 4 is 29.0 Å². The van der Waals surface area contributed by atoms with Crippen molar-refractivity contribution in [2.75, 3.05) is 6.61 Å². The Morgan fingerprint density at radius 2 is 2.14 bits per heavy atom. The molecule has 28 heavy (non-hydrogen) atoms. The van der Waals surface area contributed by atoms with E-state index in [4.69, 9.17) is 4.74 Å². The molecular formula is C20H16F2N2O3S. The van der Waals surface area contributed by atoms with E-state index in [9.17, 15) is 18.4 Å². The average molecular weight is 402 g/mol. The number of thioether (sulfide) groups is 1. The van der Waals surface area contributed by atoms with E-state index in [2.05, 4.69) is 5.10 Å². The van der Waals surface area contributed by atoms with Gasteiger partial charge in [-0.2, -0.15) is 5.10 Å². The van der Waals surface area contributed by atoms with Crippen LogP contribution in [0.1, 0.15) is 24.5 Å². The number of nitrogens with zero attached hydrogens (tertiary/aromatic N) is 2. The summed E-state index contributed by atoms with van der Waals surface area (Å²) in [6, 6.07) is 10.3. The zero-order valence-corrected chi connectivity index (χ0v) is 15.7. The standard InChI is InChI=1S/C20H16F2N2O3S/c1-12(26)24-20(28-19(23-24)15-10-14(21)6-7-17(15)22)13(8-9-25)11-27-18-5-3-2-4-16(18)20/h2-7,9-10,13H,8,11H2,1H3. The smallest absolute Gasteiger partial charge is 0.241 e. The van der Waals surface area contributed by atoms with Crippen LogP contribution in [-0.2, 0) is 14.5 Å². The summed E-state index contributed by atoms with van der Waals surface area (Å²) in [6.45, 7) is 1.55. The number of halogens is 2. The Balaban J connectivity index is 1.90. The van der Waals surface area contributed by atoms with Gasteiger partial charge in [0, 0.05) is 30.4 Å². The first kappa shape index (κ1) is 18.6. The zero-order valence-electron chi connectivity index (χ0n) is 14.9. The van der Waals surface area contributed by atoms with Crippen LogP contribution in [0.15, 0.2) is 47.6 Å². The number of carbonyl (C=O) groups is 2. The normalized spacial score (nSPS) is 23.2. The number of hydrazone groups is 1. The minimum Gasteiger partial charge on any atom is -0.493 e. The first-order valence-corrected chi connectivity index (χ1v) is 9.48. The molecule has 0 fully saturated rings. The molecule has 0 saturated heterocycles. The SMILES string of the molecule is CC(=O)N1N=C(c2cc(F)ccc2F)SC12c1ccccc1OCC2CC=O. The summed E-state index contributed by atoms with van der Waals surface area (Å²) >= 11 is 1.15. The van der Waals surface area contributed by atoms with Gasteiger partial charge in [-0.25, -0.2) is 13.8 Å². The Labute approximate surface area is 164 Å². The topological polar surface area (TPSA) is 59.0 Å². The van der Waals surface area contributed by atoms with Crippen LogP contribution in [0.5, 0.6) is 5.75 Å². The summed E-state index contributed by atoms with van der Waals surface area (Å²) in [5.41, 5.74) is 0.644. The van der Waals surface area contributed by atoms with Crippen LogP contribution in [-0.4, -0.2) is 28.9 Å². The van der Waals surface area contributed by atoms with E-state index >= 15 is 0 Å². The van der Waals surface area contributed by atoms with E-state index in [1.54, 1.807) is 24.3 Å². The van der Waals surface area contributed by atoms with Crippen LogP contribution < -0.4 is 4.74 Å². The molecule has 2 aliphatic rings. The van der Waals surface area contributed by atoms with Crippen LogP contribution in [0.4, 0.5) is 8.78 Å². The summed E-state index contributed by atoms with van der Waals surface area (Å²) in [7, 11) is 0. The Morgan fingerprint density at radius 3 is 2.89 bits per heavy atom. The molecule has 2 atom stereocenters. The van der Waals surface area contributed by atoms with Crippen molar-refractivity contribution in [3.63, 3.8) is 0 Å². The van der Waals surface area contributed by atoms with Gasteiger partial charge in [0.1, 0.15) is 28.7 Å². The first-order chi connectivity index (χ1) is 13.5. The van der Waals surface area contributed by atoms with Gasteiger partial charge in [0.25, 0.3) is 0 Å². The number of rotatable bonds is 3. The third-order valence-corrected chi connectivity index (χ3v) is 6.39. The molecule has 2 heterocycles. The molecule has 2 aliphatic heterocycles. The number of amides is 1. The maximum atomic E-state index is 14.4. The third-order valence-electron chi connectivity index (χ3n) is 4.86. The number of benzene rings is 2. The highest BCUT2D eigenvalue weighted by atomic mass is 32.2. The van der Waals surface area contributed by atoms with E-state index in [1.165, 1.54) is 11.9 Å². The fourth-order valence-electron chi connectivity index (χ4n) is 3.63. The maximum absolute atomic E-state index is 14.4. The second kappa shape index (κ2) is 7.01. The van der Waals surface area contributed by atoms with Crippen LogP contribution in [0.2, 0.25) is 0 Å². The van der Waals surface area contributed by atoms with Gasteiger partial charge in [0.05, 0.1) is 6.61 Å². The van der Waals surface area contributed by atoms with Crippen molar-refractivity contribution in [1.82, 2.24) is 5.01 Å². The predicted octanol–water partition coefficient (Wildman–Crippen LogP) is 3.67. The maximum Gasteiger partial charge on any atom is 0.241 e. The van der Waals surface area contributed by atoms with Crippen molar-refractivity contribution in [3.8, 4) is 5.75 Å². The quantitative estimate of drug-likeness (QED) is 0.735. The summed E-state index contributed by atoms with van der Waals surface area (Å²) in [5.74, 6) is -1.45. The fraction of sp³-hybridized carbons (Fsp3) is 0.250. The van der Waals surface area contributed by atoms with Crippen LogP contribution in [0, 0.1) is 17.6 Å². The minimum atomic E-state index is -1.07. The van der Waals surface area contributed by atoms with Crippen molar-refractivity contribution in [2.45, 2.75) is 18.2 Å². The van der Waals surface area contributed by atoms with E-state index < -0.39 is 22.4 Å². The largest absolute Gasteiger partial charge is 0.493 e. The van der Waals surface area contributed by atoms with Crippen molar-refractivity contribution in [1.29, 1.82) is 0 Å². The number of hydrogen-bond acceptors (Lipinski definition) is 5. The Kier molecular flexibility index (Phi) is 4.66. The van der Waals surface area contributed by atoms with Crippen LogP contribution in [0.3, 0.4) is 0 Å². The van der Waals surface area contributed by atoms with Crippen LogP contribution in [0.25, 0.3) is 0 Å². The molecule has 0 aromatic heterocycles. The lowest BCUT2D eigenvalue weighted by Gasteiger charge is -2.44. The van der Waals surface area contributed by atoms with Crippen molar-refractivity contribution in [2.24, 2.45) is 11.0 Å². The lowest BCUT2D eigenvalue weighted by Crippen LogP contribution is -2.50. The van der Waals surface area contributed by atoms with Gasteiger partial charge in [-0.15, -0.1) is 0 Å². The molecule has 1 amide bonds. The fourth-order valence-corrected chi connectivity index (χ4v) is 5.18. The summed E-state index contributed by atoms with van der Waals surface area (Å²) in [6.07, 6.45) is 0.892. The summed E-state index contributed by atoms with van der Waals surface area (Å²) in [5, 5.41) is 5.80. The van der Waals surface area contributed by atoms with Crippen LogP contribution >= 0.6 is 11.8 Å². The number of fused-ring (bicyclic) bond motifs is 2. The molecule has 4 rings (SSSR count). The third kappa shape index (κ3) is 2.79. The van der Waals surface area contributed by atoms with Gasteiger partial charge < -0.3 is 9.53 Å². The second-order valence-electron chi connectivity index (χ2n) is 6.57. The second-order valence-corrected chi connectivity index (χ2v) is 7.78. The molecule has 0 bridgehead atoms. The van der Waals surface area contributed by atoms with Crippen molar-refractivity contribution in [3.05, 3.63) is 65.2 Å². The van der Waals surface area contributed by atoms with Gasteiger partial charge in [0.2, 0.25) is 5.91 Å². The van der Waals surface area contributed by atoms with Gasteiger partial charge in [0.15, 0.2) is 4.87 Å². The van der Waals surface area contributed by atoms with E-state index in [0.29, 0.717) is 11.3 Å². The lowest BCUT2D eigenvalue weighted by atomic mass is 9.87. The molecule has 0 saturated carbocycles. The van der Waals surface area contributed by atoms with Crippen molar-refractivity contribution < 1.29 is 23.1 Å². The van der Waals surface area contributed by atoms with Gasteiger partial charge in [-0.1, -0.05) is 30.0 Å². The molecule has 144 valence electrons. The number of ether oxygens (including phenoxy) is 1. The van der Waals surface area contributed by atoms with Gasteiger partial charge in [-0.05, 0) is 24.3 Å². The van der Waals surface area contributed by atoms with E-state index in [1.807, 2.05) is 0 Å². The molecule has 2 aromatic rings.